The minimum Gasteiger partial charge on any atom is -0.436 e. The van der Waals surface area contributed by atoms with Crippen LogP contribution in [-0.2, 0) is 7.05 Å². The third-order valence-electron chi connectivity index (χ3n) is 2.75. The van der Waals surface area contributed by atoms with E-state index < -0.39 is 5.82 Å². The molecule has 20 heavy (non-hydrogen) atoms. The van der Waals surface area contributed by atoms with Crippen LogP contribution in [-0.4, -0.2) is 19.7 Å². The fraction of sp³-hybridized carbons (Fsp3) is 0.0833. The fourth-order valence-electron chi connectivity index (χ4n) is 1.76. The van der Waals surface area contributed by atoms with Crippen molar-refractivity contribution in [1.29, 1.82) is 0 Å². The Labute approximate surface area is 121 Å². The summed E-state index contributed by atoms with van der Waals surface area (Å²) < 4.78 is 21.0. The normalized spacial score (nSPS) is 10.9. The van der Waals surface area contributed by atoms with Crippen molar-refractivity contribution >= 4 is 32.7 Å². The quantitative estimate of drug-likeness (QED) is 0.727. The standard InChI is InChI=1S/C12H9BrFN5O/c1-19-11-6(4-18-19)12(17-5-16-11)20-10-3-8(14)7(13)2-9(10)15/h2-5H,15H2,1H3. The number of benzene rings is 1. The molecule has 3 aromatic rings. The fourth-order valence-corrected chi connectivity index (χ4v) is 2.12. The number of fused-ring (bicyclic) bond motifs is 1. The summed E-state index contributed by atoms with van der Waals surface area (Å²) in [6, 6.07) is 2.63. The van der Waals surface area contributed by atoms with Crippen LogP contribution in [0.5, 0.6) is 11.6 Å². The second kappa shape index (κ2) is 4.71. The molecule has 0 bridgehead atoms. The van der Waals surface area contributed by atoms with E-state index >= 15 is 0 Å². The highest BCUT2D eigenvalue weighted by Crippen LogP contribution is 2.33. The van der Waals surface area contributed by atoms with Crippen LogP contribution >= 0.6 is 15.9 Å². The number of aromatic nitrogens is 4. The summed E-state index contributed by atoms with van der Waals surface area (Å²) in [5.41, 5.74) is 6.72. The maximum atomic E-state index is 13.5. The molecule has 1 aromatic carbocycles. The second-order valence-electron chi connectivity index (χ2n) is 4.09. The van der Waals surface area contributed by atoms with Gasteiger partial charge < -0.3 is 10.5 Å². The number of rotatable bonds is 2. The van der Waals surface area contributed by atoms with Gasteiger partial charge in [-0.25, -0.2) is 14.4 Å². The van der Waals surface area contributed by atoms with Crippen LogP contribution in [0.1, 0.15) is 0 Å². The molecule has 6 nitrogen and oxygen atoms in total. The largest absolute Gasteiger partial charge is 0.436 e. The van der Waals surface area contributed by atoms with Crippen LogP contribution in [0.3, 0.4) is 0 Å². The molecule has 0 aliphatic rings. The van der Waals surface area contributed by atoms with Crippen molar-refractivity contribution in [3.05, 3.63) is 34.9 Å². The van der Waals surface area contributed by atoms with E-state index in [1.165, 1.54) is 18.5 Å². The molecule has 0 atom stereocenters. The van der Waals surface area contributed by atoms with Crippen molar-refractivity contribution in [2.45, 2.75) is 0 Å². The number of hydrogen-bond donors (Lipinski definition) is 1. The van der Waals surface area contributed by atoms with E-state index in [4.69, 9.17) is 10.5 Å². The van der Waals surface area contributed by atoms with Crippen LogP contribution in [0.15, 0.2) is 29.1 Å². The number of nitrogens with zero attached hydrogens (tertiary/aromatic N) is 4. The summed E-state index contributed by atoms with van der Waals surface area (Å²) in [4.78, 5) is 8.13. The zero-order chi connectivity index (χ0) is 14.3. The smallest absolute Gasteiger partial charge is 0.233 e. The van der Waals surface area contributed by atoms with Gasteiger partial charge in [0.2, 0.25) is 5.88 Å². The van der Waals surface area contributed by atoms with Gasteiger partial charge in [0.15, 0.2) is 11.4 Å². The third kappa shape index (κ3) is 2.07. The Morgan fingerprint density at radius 3 is 2.95 bits per heavy atom. The first-order valence-electron chi connectivity index (χ1n) is 5.61. The number of halogens is 2. The molecule has 0 aliphatic carbocycles. The topological polar surface area (TPSA) is 78.9 Å². The molecule has 0 spiro atoms. The first-order chi connectivity index (χ1) is 9.56. The molecular formula is C12H9BrFN5O. The number of ether oxygens (including phenoxy) is 1. The lowest BCUT2D eigenvalue weighted by Gasteiger charge is -2.09. The average Bonchev–Trinajstić information content (AvgIpc) is 2.79. The molecule has 2 heterocycles. The second-order valence-corrected chi connectivity index (χ2v) is 4.94. The Morgan fingerprint density at radius 2 is 2.15 bits per heavy atom. The predicted molar refractivity (Wildman–Crippen MR) is 74.9 cm³/mol. The Hall–Kier alpha value is -2.22. The van der Waals surface area contributed by atoms with Gasteiger partial charge in [0, 0.05) is 13.1 Å². The van der Waals surface area contributed by atoms with Crippen molar-refractivity contribution in [3.63, 3.8) is 0 Å². The van der Waals surface area contributed by atoms with Crippen LogP contribution in [0.2, 0.25) is 0 Å². The third-order valence-corrected chi connectivity index (χ3v) is 3.36. The van der Waals surface area contributed by atoms with Gasteiger partial charge in [-0.15, -0.1) is 0 Å². The highest BCUT2D eigenvalue weighted by molar-refractivity contribution is 9.10. The first kappa shape index (κ1) is 12.8. The number of anilines is 1. The molecule has 0 unspecified atom stereocenters. The van der Waals surface area contributed by atoms with Gasteiger partial charge in [-0.2, -0.15) is 5.10 Å². The number of hydrogen-bond acceptors (Lipinski definition) is 5. The van der Waals surface area contributed by atoms with Crippen LogP contribution in [0, 0.1) is 5.82 Å². The van der Waals surface area contributed by atoms with Gasteiger partial charge in [-0.05, 0) is 22.0 Å². The van der Waals surface area contributed by atoms with E-state index in [1.54, 1.807) is 17.9 Å². The van der Waals surface area contributed by atoms with Gasteiger partial charge in [-0.3, -0.25) is 4.68 Å². The van der Waals surface area contributed by atoms with Crippen LogP contribution in [0.4, 0.5) is 10.1 Å². The highest BCUT2D eigenvalue weighted by atomic mass is 79.9. The Kier molecular flexibility index (Phi) is 3.01. The minimum absolute atomic E-state index is 0.189. The van der Waals surface area contributed by atoms with Crippen molar-refractivity contribution in [2.75, 3.05) is 5.73 Å². The summed E-state index contributed by atoms with van der Waals surface area (Å²) in [7, 11) is 1.76. The minimum atomic E-state index is -0.467. The molecule has 0 amide bonds. The number of nitrogens with two attached hydrogens (primary N) is 1. The molecule has 0 aliphatic heterocycles. The molecule has 0 saturated carbocycles. The lowest BCUT2D eigenvalue weighted by Crippen LogP contribution is -1.97. The maximum Gasteiger partial charge on any atom is 0.233 e. The van der Waals surface area contributed by atoms with Crippen molar-refractivity contribution in [1.82, 2.24) is 19.7 Å². The lowest BCUT2D eigenvalue weighted by molar-refractivity contribution is 0.465. The summed E-state index contributed by atoms with van der Waals surface area (Å²) >= 11 is 3.06. The van der Waals surface area contributed by atoms with E-state index in [1.807, 2.05) is 0 Å². The monoisotopic (exact) mass is 337 g/mol. The summed E-state index contributed by atoms with van der Waals surface area (Å²) in [5, 5.41) is 4.70. The van der Waals surface area contributed by atoms with Crippen molar-refractivity contribution in [2.24, 2.45) is 7.05 Å². The molecule has 2 N–H and O–H groups in total. The van der Waals surface area contributed by atoms with Gasteiger partial charge in [0.25, 0.3) is 0 Å². The van der Waals surface area contributed by atoms with Crippen LogP contribution in [0.25, 0.3) is 11.0 Å². The van der Waals surface area contributed by atoms with Gasteiger partial charge in [0.1, 0.15) is 17.5 Å². The summed E-state index contributed by atoms with van der Waals surface area (Å²) in [5.74, 6) is -0.00300. The Bertz CT molecular complexity index is 804. The SMILES string of the molecule is Cn1ncc2c(Oc3cc(F)c(Br)cc3N)ncnc21. The van der Waals surface area contributed by atoms with E-state index in [0.717, 1.165) is 0 Å². The van der Waals surface area contributed by atoms with Crippen LogP contribution < -0.4 is 10.5 Å². The molecule has 0 saturated heterocycles. The van der Waals surface area contributed by atoms with Gasteiger partial charge in [-0.1, -0.05) is 0 Å². The molecule has 2 aromatic heterocycles. The molecule has 0 radical (unpaired) electrons. The zero-order valence-electron chi connectivity index (χ0n) is 10.3. The number of aryl methyl sites for hydroxylation is 1. The number of nitrogen functional groups attached to an aromatic ring is 1. The van der Waals surface area contributed by atoms with E-state index in [-0.39, 0.29) is 16.1 Å². The van der Waals surface area contributed by atoms with Gasteiger partial charge in [0.05, 0.1) is 16.4 Å². The van der Waals surface area contributed by atoms with Gasteiger partial charge >= 0.3 is 0 Å². The molecule has 0 fully saturated rings. The van der Waals surface area contributed by atoms with Crippen molar-refractivity contribution in [3.8, 4) is 11.6 Å². The van der Waals surface area contributed by atoms with E-state index in [2.05, 4.69) is 31.0 Å². The molecular weight excluding hydrogens is 329 g/mol. The average molecular weight is 338 g/mol. The van der Waals surface area contributed by atoms with Crippen molar-refractivity contribution < 1.29 is 9.13 Å². The summed E-state index contributed by atoms with van der Waals surface area (Å²) in [6.45, 7) is 0. The predicted octanol–water partition coefficient (Wildman–Crippen LogP) is 2.64. The van der Waals surface area contributed by atoms with E-state index in [9.17, 15) is 4.39 Å². The zero-order valence-corrected chi connectivity index (χ0v) is 11.9. The Balaban J connectivity index is 2.08. The molecule has 3 rings (SSSR count). The maximum absolute atomic E-state index is 13.5. The lowest BCUT2D eigenvalue weighted by atomic mass is 10.3. The van der Waals surface area contributed by atoms with E-state index in [0.29, 0.717) is 16.7 Å². The summed E-state index contributed by atoms with van der Waals surface area (Å²) in [6.07, 6.45) is 2.93. The highest BCUT2D eigenvalue weighted by Gasteiger charge is 2.13. The molecule has 102 valence electrons. The first-order valence-corrected chi connectivity index (χ1v) is 6.40. The molecule has 8 heteroatoms. The Morgan fingerprint density at radius 1 is 1.35 bits per heavy atom.